The van der Waals surface area contributed by atoms with E-state index in [1.807, 2.05) is 0 Å². The van der Waals surface area contributed by atoms with E-state index < -0.39 is 0 Å². The van der Waals surface area contributed by atoms with E-state index in [4.69, 9.17) is 0 Å². The van der Waals surface area contributed by atoms with Crippen LogP contribution >= 0.6 is 0 Å². The number of rotatable bonds is 0. The van der Waals surface area contributed by atoms with Crippen molar-refractivity contribution >= 4 is 0 Å². The summed E-state index contributed by atoms with van der Waals surface area (Å²) in [5.41, 5.74) is 1.98. The van der Waals surface area contributed by atoms with E-state index in [9.17, 15) is 0 Å². The van der Waals surface area contributed by atoms with Crippen LogP contribution in [-0.2, 0) is 0 Å². The van der Waals surface area contributed by atoms with Gasteiger partial charge in [-0.15, -0.1) is 0 Å². The van der Waals surface area contributed by atoms with Gasteiger partial charge < -0.3 is 4.90 Å². The SMILES string of the molecule is C[C@H]1C2(C)CC(C)(C)CC3N(C)CC312. The Balaban J connectivity index is 1.97. The van der Waals surface area contributed by atoms with Gasteiger partial charge in [-0.2, -0.15) is 0 Å². The van der Waals surface area contributed by atoms with Crippen molar-refractivity contribution in [2.75, 3.05) is 13.6 Å². The molecule has 0 N–H and O–H groups in total. The summed E-state index contributed by atoms with van der Waals surface area (Å²) in [4.78, 5) is 2.59. The van der Waals surface area contributed by atoms with Gasteiger partial charge in [0.2, 0.25) is 0 Å². The van der Waals surface area contributed by atoms with Gasteiger partial charge in [-0.1, -0.05) is 27.7 Å². The van der Waals surface area contributed by atoms with Crippen molar-refractivity contribution in [1.29, 1.82) is 0 Å². The van der Waals surface area contributed by atoms with Crippen LogP contribution in [-0.4, -0.2) is 24.5 Å². The quantitative estimate of drug-likeness (QED) is 0.572. The van der Waals surface area contributed by atoms with E-state index in [2.05, 4.69) is 39.6 Å². The van der Waals surface area contributed by atoms with Gasteiger partial charge in [0, 0.05) is 18.0 Å². The minimum Gasteiger partial charge on any atom is -0.302 e. The molecule has 0 aromatic carbocycles. The lowest BCUT2D eigenvalue weighted by Crippen LogP contribution is -2.62. The number of hydrogen-bond acceptors (Lipinski definition) is 1. The number of likely N-dealkylation sites (tertiary alicyclic amines) is 1. The molecule has 1 spiro atoms. The third-order valence-electron chi connectivity index (χ3n) is 5.94. The molecule has 14 heavy (non-hydrogen) atoms. The second-order valence-corrected chi connectivity index (χ2v) is 7.16. The van der Waals surface area contributed by atoms with E-state index in [1.54, 1.807) is 0 Å². The average Bonchev–Trinajstić information content (AvgIpc) is 2.50. The first kappa shape index (κ1) is 9.21. The van der Waals surface area contributed by atoms with E-state index in [0.717, 1.165) is 17.4 Å². The normalized spacial score (nSPS) is 59.8. The first-order valence-electron chi connectivity index (χ1n) is 6.04. The van der Waals surface area contributed by atoms with E-state index in [0.29, 0.717) is 10.8 Å². The second kappa shape index (κ2) is 2.07. The number of nitrogens with zero attached hydrogens (tertiary/aromatic N) is 1. The summed E-state index contributed by atoms with van der Waals surface area (Å²) in [6.45, 7) is 11.3. The molecule has 2 saturated carbocycles. The van der Waals surface area contributed by atoms with Crippen molar-refractivity contribution in [3.8, 4) is 0 Å². The van der Waals surface area contributed by atoms with Crippen LogP contribution in [0.3, 0.4) is 0 Å². The predicted octanol–water partition coefficient (Wildman–Crippen LogP) is 2.76. The summed E-state index contributed by atoms with van der Waals surface area (Å²) in [5.74, 6) is 0.970. The summed E-state index contributed by atoms with van der Waals surface area (Å²) in [7, 11) is 2.31. The Morgan fingerprint density at radius 3 is 2.43 bits per heavy atom. The maximum absolute atomic E-state index is 2.59. The molecule has 1 heterocycles. The zero-order valence-corrected chi connectivity index (χ0v) is 10.2. The molecule has 1 heteroatoms. The zero-order valence-electron chi connectivity index (χ0n) is 10.2. The molecule has 3 rings (SSSR count). The van der Waals surface area contributed by atoms with E-state index in [-0.39, 0.29) is 0 Å². The van der Waals surface area contributed by atoms with E-state index >= 15 is 0 Å². The lowest BCUT2D eigenvalue weighted by Gasteiger charge is -2.56. The molecule has 3 unspecified atom stereocenters. The van der Waals surface area contributed by atoms with Crippen LogP contribution in [0.15, 0.2) is 0 Å². The van der Waals surface area contributed by atoms with Crippen molar-refractivity contribution in [3.63, 3.8) is 0 Å². The third-order valence-corrected chi connectivity index (χ3v) is 5.94. The van der Waals surface area contributed by atoms with Gasteiger partial charge in [0.25, 0.3) is 0 Å². The van der Waals surface area contributed by atoms with Gasteiger partial charge >= 0.3 is 0 Å². The molecule has 3 aliphatic rings. The van der Waals surface area contributed by atoms with E-state index in [1.165, 1.54) is 19.4 Å². The lowest BCUT2D eigenvalue weighted by molar-refractivity contribution is -0.0739. The molecule has 2 aliphatic carbocycles. The third kappa shape index (κ3) is 0.711. The fourth-order valence-corrected chi connectivity index (χ4v) is 5.19. The summed E-state index contributed by atoms with van der Waals surface area (Å²) >= 11 is 0. The highest BCUT2D eigenvalue weighted by molar-refractivity contribution is 5.31. The van der Waals surface area contributed by atoms with Crippen LogP contribution in [0.25, 0.3) is 0 Å². The topological polar surface area (TPSA) is 3.24 Å². The summed E-state index contributed by atoms with van der Waals surface area (Å²) in [5, 5.41) is 0. The standard InChI is InChI=1S/C13H23N/c1-9-12(4)7-11(2,3)6-10-13(9,12)8-14(10)5/h9-10H,6-8H2,1-5H3/t9-,10?,12?,13?/m0/s1. The summed E-state index contributed by atoms with van der Waals surface area (Å²) in [6.07, 6.45) is 2.87. The molecule has 1 saturated heterocycles. The molecule has 80 valence electrons. The lowest BCUT2D eigenvalue weighted by atomic mass is 9.61. The minimum atomic E-state index is 0.572. The predicted molar refractivity (Wildman–Crippen MR) is 59.1 cm³/mol. The molecule has 1 nitrogen and oxygen atoms in total. The molecule has 0 bridgehead atoms. The van der Waals surface area contributed by atoms with Crippen LogP contribution in [0.5, 0.6) is 0 Å². The highest BCUT2D eigenvalue weighted by Crippen LogP contribution is 2.81. The zero-order chi connectivity index (χ0) is 10.4. The maximum atomic E-state index is 2.59. The van der Waals surface area contributed by atoms with Crippen LogP contribution < -0.4 is 0 Å². The van der Waals surface area contributed by atoms with Gasteiger partial charge in [0.1, 0.15) is 0 Å². The van der Waals surface area contributed by atoms with Crippen LogP contribution in [0.4, 0.5) is 0 Å². The minimum absolute atomic E-state index is 0.572. The fourth-order valence-electron chi connectivity index (χ4n) is 5.19. The van der Waals surface area contributed by atoms with Gasteiger partial charge in [0.05, 0.1) is 0 Å². The van der Waals surface area contributed by atoms with Crippen molar-refractivity contribution in [1.82, 2.24) is 4.90 Å². The Morgan fingerprint density at radius 1 is 1.21 bits per heavy atom. The fraction of sp³-hybridized carbons (Fsp3) is 1.00. The molecular weight excluding hydrogens is 170 g/mol. The van der Waals surface area contributed by atoms with Crippen LogP contribution in [0.1, 0.15) is 40.5 Å². The smallest absolute Gasteiger partial charge is 0.0174 e. The molecule has 0 aromatic rings. The first-order valence-corrected chi connectivity index (χ1v) is 6.04. The maximum Gasteiger partial charge on any atom is 0.0174 e. The second-order valence-electron chi connectivity index (χ2n) is 7.16. The number of hydrogen-bond donors (Lipinski definition) is 0. The molecule has 3 fully saturated rings. The molecule has 0 amide bonds. The highest BCUT2D eigenvalue weighted by Gasteiger charge is 2.81. The summed E-state index contributed by atoms with van der Waals surface area (Å²) < 4.78 is 0. The largest absolute Gasteiger partial charge is 0.302 e. The Kier molecular flexibility index (Phi) is 1.36. The van der Waals surface area contributed by atoms with Crippen molar-refractivity contribution in [2.45, 2.75) is 46.6 Å². The molecule has 4 atom stereocenters. The first-order chi connectivity index (χ1) is 6.33. The molecule has 0 aromatic heterocycles. The summed E-state index contributed by atoms with van der Waals surface area (Å²) in [6, 6.07) is 0.895. The Bertz CT molecular complexity index is 296. The van der Waals surface area contributed by atoms with Gasteiger partial charge in [-0.3, -0.25) is 0 Å². The Labute approximate surface area is 87.9 Å². The average molecular weight is 193 g/mol. The van der Waals surface area contributed by atoms with Crippen molar-refractivity contribution < 1.29 is 0 Å². The Morgan fingerprint density at radius 2 is 1.86 bits per heavy atom. The molecular formula is C13H23N. The highest BCUT2D eigenvalue weighted by atomic mass is 15.3. The van der Waals surface area contributed by atoms with Gasteiger partial charge in [-0.05, 0) is 36.6 Å². The molecule has 1 aliphatic heterocycles. The van der Waals surface area contributed by atoms with Crippen LogP contribution in [0, 0.1) is 22.2 Å². The van der Waals surface area contributed by atoms with Crippen LogP contribution in [0.2, 0.25) is 0 Å². The van der Waals surface area contributed by atoms with Gasteiger partial charge in [-0.25, -0.2) is 0 Å². The Hall–Kier alpha value is -0.0400. The van der Waals surface area contributed by atoms with Gasteiger partial charge in [0.15, 0.2) is 0 Å². The van der Waals surface area contributed by atoms with Crippen molar-refractivity contribution in [2.24, 2.45) is 22.2 Å². The monoisotopic (exact) mass is 193 g/mol. The molecule has 0 radical (unpaired) electrons. The van der Waals surface area contributed by atoms with Crippen molar-refractivity contribution in [3.05, 3.63) is 0 Å².